The molecule has 4 nitrogen and oxygen atoms in total. The van der Waals surface area contributed by atoms with E-state index >= 15 is 0 Å². The number of rotatable bonds is 5. The third-order valence-electron chi connectivity index (χ3n) is 3.98. The third-order valence-corrected chi connectivity index (χ3v) is 5.94. The number of aromatic nitrogens is 2. The lowest BCUT2D eigenvalue weighted by Gasteiger charge is -2.35. The van der Waals surface area contributed by atoms with Gasteiger partial charge in [0.15, 0.2) is 0 Å². The van der Waals surface area contributed by atoms with Crippen LogP contribution in [0.15, 0.2) is 34.1 Å². The van der Waals surface area contributed by atoms with Crippen LogP contribution in [0.1, 0.15) is 43.6 Å². The van der Waals surface area contributed by atoms with Gasteiger partial charge in [-0.1, -0.05) is 24.8 Å². The molecule has 23 heavy (non-hydrogen) atoms. The molecular formula is C17H21N3OS2. The van der Waals surface area contributed by atoms with Crippen molar-refractivity contribution in [2.45, 2.75) is 43.0 Å². The van der Waals surface area contributed by atoms with Crippen molar-refractivity contribution in [2.24, 2.45) is 0 Å². The maximum absolute atomic E-state index is 12.8. The lowest BCUT2D eigenvalue weighted by atomic mass is 9.98. The summed E-state index contributed by atoms with van der Waals surface area (Å²) in [7, 11) is 0. The van der Waals surface area contributed by atoms with Crippen LogP contribution in [-0.2, 0) is 11.2 Å². The van der Waals surface area contributed by atoms with E-state index in [4.69, 9.17) is 0 Å². The monoisotopic (exact) mass is 347 g/mol. The molecule has 0 radical (unpaired) electrons. The van der Waals surface area contributed by atoms with E-state index in [0.717, 1.165) is 47.3 Å². The van der Waals surface area contributed by atoms with Crippen LogP contribution in [0.4, 0.5) is 0 Å². The summed E-state index contributed by atoms with van der Waals surface area (Å²) >= 11 is 3.36. The Balaban J connectivity index is 1.71. The van der Waals surface area contributed by atoms with E-state index in [9.17, 15) is 4.79 Å². The highest BCUT2D eigenvalue weighted by atomic mass is 32.2. The molecule has 1 unspecified atom stereocenters. The van der Waals surface area contributed by atoms with Gasteiger partial charge < -0.3 is 4.90 Å². The first-order valence-corrected chi connectivity index (χ1v) is 9.92. The number of carbonyl (C=O) groups excluding carboxylic acids is 1. The molecule has 3 rings (SSSR count). The molecule has 0 aromatic carbocycles. The van der Waals surface area contributed by atoms with Gasteiger partial charge in [0.05, 0.1) is 23.9 Å². The quantitative estimate of drug-likeness (QED) is 0.769. The zero-order chi connectivity index (χ0) is 16.1. The number of nitrogens with zero attached hydrogens (tertiary/aromatic N) is 3. The summed E-state index contributed by atoms with van der Waals surface area (Å²) in [6, 6.07) is 6.05. The number of thiazole rings is 1. The van der Waals surface area contributed by atoms with Crippen LogP contribution >= 0.6 is 23.1 Å². The molecule has 122 valence electrons. The first kappa shape index (κ1) is 16.5. The van der Waals surface area contributed by atoms with Gasteiger partial charge in [-0.25, -0.2) is 4.98 Å². The van der Waals surface area contributed by atoms with Crippen LogP contribution in [-0.4, -0.2) is 33.1 Å². The lowest BCUT2D eigenvalue weighted by Crippen LogP contribution is -2.39. The fourth-order valence-corrected chi connectivity index (χ4v) is 4.67. The average Bonchev–Trinajstić information content (AvgIpc) is 3.03. The van der Waals surface area contributed by atoms with E-state index in [1.165, 1.54) is 0 Å². The summed E-state index contributed by atoms with van der Waals surface area (Å²) < 4.78 is 1.05. The predicted molar refractivity (Wildman–Crippen MR) is 94.8 cm³/mol. The third kappa shape index (κ3) is 4.12. The Bertz CT molecular complexity index is 644. The van der Waals surface area contributed by atoms with E-state index in [-0.39, 0.29) is 11.9 Å². The van der Waals surface area contributed by atoms with Crippen LogP contribution in [0.25, 0.3) is 0 Å². The Morgan fingerprint density at radius 2 is 2.35 bits per heavy atom. The number of amides is 1. The predicted octanol–water partition coefficient (Wildman–Crippen LogP) is 3.95. The van der Waals surface area contributed by atoms with E-state index in [1.54, 1.807) is 29.3 Å². The van der Waals surface area contributed by atoms with Crippen molar-refractivity contribution >= 4 is 29.0 Å². The minimum absolute atomic E-state index is 0.112. The Hall–Kier alpha value is -1.40. The van der Waals surface area contributed by atoms with Gasteiger partial charge in [0.25, 0.3) is 0 Å². The molecule has 6 heteroatoms. The minimum Gasteiger partial charge on any atom is -0.334 e. The topological polar surface area (TPSA) is 46.1 Å². The van der Waals surface area contributed by atoms with E-state index < -0.39 is 0 Å². The summed E-state index contributed by atoms with van der Waals surface area (Å²) in [5.74, 6) is 1.17. The molecule has 0 N–H and O–H groups in total. The Kier molecular flexibility index (Phi) is 5.67. The molecule has 1 amide bonds. The Morgan fingerprint density at radius 1 is 1.43 bits per heavy atom. The van der Waals surface area contributed by atoms with Crippen LogP contribution in [0.5, 0.6) is 0 Å². The standard InChI is InChI=1S/C17H21N3OS2/c1-2-22-17-19-13(12-23-17)11-16(21)20-10-6-4-8-15(20)14-7-3-5-9-18-14/h3,5,7,9,12,15H,2,4,6,8,10-11H2,1H3. The zero-order valence-electron chi connectivity index (χ0n) is 13.3. The molecule has 0 spiro atoms. The molecular weight excluding hydrogens is 326 g/mol. The molecule has 1 atom stereocenters. The fourth-order valence-electron chi connectivity index (χ4n) is 2.93. The summed E-state index contributed by atoms with van der Waals surface area (Å²) in [5, 5.41) is 2.01. The maximum Gasteiger partial charge on any atom is 0.229 e. The molecule has 2 aromatic heterocycles. The maximum atomic E-state index is 12.8. The normalized spacial score (nSPS) is 18.1. The second kappa shape index (κ2) is 7.93. The van der Waals surface area contributed by atoms with Crippen LogP contribution in [0.2, 0.25) is 0 Å². The number of hydrogen-bond acceptors (Lipinski definition) is 5. The lowest BCUT2D eigenvalue weighted by molar-refractivity contribution is -0.134. The SMILES string of the molecule is CCSc1nc(CC(=O)N2CCCCC2c2ccccn2)cs1. The molecule has 1 saturated heterocycles. The highest BCUT2D eigenvalue weighted by molar-refractivity contribution is 8.00. The first-order chi connectivity index (χ1) is 11.3. The van der Waals surface area contributed by atoms with Gasteiger partial charge in [-0.3, -0.25) is 9.78 Å². The molecule has 0 bridgehead atoms. The van der Waals surface area contributed by atoms with Gasteiger partial charge in [-0.15, -0.1) is 11.3 Å². The average molecular weight is 348 g/mol. The first-order valence-electron chi connectivity index (χ1n) is 8.05. The number of carbonyl (C=O) groups is 1. The van der Waals surface area contributed by atoms with Crippen LogP contribution in [0, 0.1) is 0 Å². The summed E-state index contributed by atoms with van der Waals surface area (Å²) in [6.07, 6.45) is 5.42. The van der Waals surface area contributed by atoms with Crippen molar-refractivity contribution in [3.8, 4) is 0 Å². The molecule has 3 heterocycles. The van der Waals surface area contributed by atoms with Crippen LogP contribution in [0.3, 0.4) is 0 Å². The molecule has 0 saturated carbocycles. The second-order valence-electron chi connectivity index (χ2n) is 5.57. The Labute approximate surface area is 145 Å². The fraction of sp³-hybridized carbons (Fsp3) is 0.471. The highest BCUT2D eigenvalue weighted by Crippen LogP contribution is 2.30. The van der Waals surface area contributed by atoms with Crippen molar-refractivity contribution in [2.75, 3.05) is 12.3 Å². The summed E-state index contributed by atoms with van der Waals surface area (Å²) in [6.45, 7) is 2.93. The van der Waals surface area contributed by atoms with E-state index in [0.29, 0.717) is 6.42 Å². The molecule has 0 aliphatic carbocycles. The number of likely N-dealkylation sites (tertiary alicyclic amines) is 1. The van der Waals surface area contributed by atoms with Gasteiger partial charge in [0.2, 0.25) is 5.91 Å². The van der Waals surface area contributed by atoms with Gasteiger partial charge in [0, 0.05) is 18.1 Å². The van der Waals surface area contributed by atoms with Crippen LogP contribution < -0.4 is 0 Å². The van der Waals surface area contributed by atoms with Gasteiger partial charge in [0.1, 0.15) is 4.34 Å². The van der Waals surface area contributed by atoms with Gasteiger partial charge in [-0.05, 0) is 37.1 Å². The highest BCUT2D eigenvalue weighted by Gasteiger charge is 2.29. The van der Waals surface area contributed by atoms with Crippen molar-refractivity contribution in [1.82, 2.24) is 14.9 Å². The minimum atomic E-state index is 0.112. The Morgan fingerprint density at radius 3 is 3.13 bits per heavy atom. The number of piperidine rings is 1. The number of hydrogen-bond donors (Lipinski definition) is 0. The zero-order valence-corrected chi connectivity index (χ0v) is 14.9. The molecule has 2 aromatic rings. The van der Waals surface area contributed by atoms with Crippen molar-refractivity contribution in [3.63, 3.8) is 0 Å². The summed E-state index contributed by atoms with van der Waals surface area (Å²) in [4.78, 5) is 23.8. The van der Waals surface area contributed by atoms with Crippen molar-refractivity contribution < 1.29 is 4.79 Å². The van der Waals surface area contributed by atoms with E-state index in [2.05, 4.69) is 16.9 Å². The largest absolute Gasteiger partial charge is 0.334 e. The van der Waals surface area contributed by atoms with Gasteiger partial charge in [-0.2, -0.15) is 0 Å². The molecule has 1 aliphatic heterocycles. The van der Waals surface area contributed by atoms with Crippen molar-refractivity contribution in [1.29, 1.82) is 0 Å². The number of thioether (sulfide) groups is 1. The second-order valence-corrected chi connectivity index (χ2v) is 7.94. The van der Waals surface area contributed by atoms with E-state index in [1.807, 2.05) is 28.5 Å². The van der Waals surface area contributed by atoms with Gasteiger partial charge >= 0.3 is 0 Å². The van der Waals surface area contributed by atoms with Crippen molar-refractivity contribution in [3.05, 3.63) is 41.2 Å². The number of pyridine rings is 1. The molecule has 1 fully saturated rings. The summed E-state index contributed by atoms with van der Waals surface area (Å²) in [5.41, 5.74) is 1.89. The molecule has 1 aliphatic rings. The smallest absolute Gasteiger partial charge is 0.229 e.